The number of nitrogens with zero attached hydrogens (tertiary/aromatic N) is 6. The number of benzene rings is 2. The van der Waals surface area contributed by atoms with Gasteiger partial charge < -0.3 is 4.52 Å². The van der Waals surface area contributed by atoms with Gasteiger partial charge in [-0.2, -0.15) is 9.50 Å². The Morgan fingerprint density at radius 3 is 2.73 bits per heavy atom. The maximum Gasteiger partial charge on any atom is 0.240 e. The Bertz CT molecular complexity index is 1400. The van der Waals surface area contributed by atoms with E-state index in [-0.39, 0.29) is 11.1 Å². The normalized spacial score (nSPS) is 12.7. The zero-order valence-corrected chi connectivity index (χ0v) is 17.3. The molecule has 3 heterocycles. The molecule has 5 aromatic rings. The number of aryl methyl sites for hydroxylation is 2. The molecule has 7 nitrogen and oxygen atoms in total. The van der Waals surface area contributed by atoms with Gasteiger partial charge in [-0.25, -0.2) is 14.4 Å². The molecule has 0 fully saturated rings. The third-order valence-corrected chi connectivity index (χ3v) is 5.79. The molecule has 1 atom stereocenters. The van der Waals surface area contributed by atoms with E-state index in [1.807, 2.05) is 38.1 Å². The fourth-order valence-electron chi connectivity index (χ4n) is 3.17. The van der Waals surface area contributed by atoms with Gasteiger partial charge in [0, 0.05) is 10.9 Å². The number of hydrogen-bond acceptors (Lipinski definition) is 7. The van der Waals surface area contributed by atoms with Crippen molar-refractivity contribution in [2.75, 3.05) is 0 Å². The van der Waals surface area contributed by atoms with Crippen molar-refractivity contribution in [1.82, 2.24) is 29.7 Å². The summed E-state index contributed by atoms with van der Waals surface area (Å²) < 4.78 is 21.1. The average Bonchev–Trinajstić information content (AvgIpc) is 3.37. The van der Waals surface area contributed by atoms with Crippen molar-refractivity contribution in [2.24, 2.45) is 0 Å². The van der Waals surface area contributed by atoms with Gasteiger partial charge in [0.25, 0.3) is 0 Å². The molecule has 0 saturated carbocycles. The summed E-state index contributed by atoms with van der Waals surface area (Å²) in [6.07, 6.45) is 0. The first kappa shape index (κ1) is 18.7. The summed E-state index contributed by atoms with van der Waals surface area (Å²) in [7, 11) is 0. The van der Waals surface area contributed by atoms with E-state index in [2.05, 4.69) is 20.2 Å². The van der Waals surface area contributed by atoms with Gasteiger partial charge in [0.15, 0.2) is 10.8 Å². The molecule has 0 aliphatic heterocycles. The van der Waals surface area contributed by atoms with Crippen LogP contribution < -0.4 is 0 Å². The summed E-state index contributed by atoms with van der Waals surface area (Å²) in [6.45, 7) is 5.51. The highest BCUT2D eigenvalue weighted by Crippen LogP contribution is 2.35. The van der Waals surface area contributed by atoms with Gasteiger partial charge in [-0.1, -0.05) is 41.2 Å². The quantitative estimate of drug-likeness (QED) is 0.301. The second-order valence-electron chi connectivity index (χ2n) is 6.99. The van der Waals surface area contributed by atoms with Crippen LogP contribution in [0, 0.1) is 19.7 Å². The number of thioether (sulfide) groups is 1. The van der Waals surface area contributed by atoms with Crippen LogP contribution in [0.15, 0.2) is 52.1 Å². The van der Waals surface area contributed by atoms with Gasteiger partial charge in [-0.15, -0.1) is 5.10 Å². The van der Waals surface area contributed by atoms with Gasteiger partial charge in [0.1, 0.15) is 11.6 Å². The van der Waals surface area contributed by atoms with E-state index < -0.39 is 0 Å². The molecule has 0 bridgehead atoms. The smallest absolute Gasteiger partial charge is 0.240 e. The lowest BCUT2D eigenvalue weighted by atomic mass is 10.1. The van der Waals surface area contributed by atoms with Crippen LogP contribution in [0.2, 0.25) is 0 Å². The van der Waals surface area contributed by atoms with Gasteiger partial charge in [0.05, 0.1) is 10.8 Å². The molecule has 2 aromatic carbocycles. The standard InChI is InChI=1S/C21H17FN6OS/c1-11-8-9-14(10-16(11)22)18-25-20(29-27-18)12(2)30-21-24-17-7-5-4-6-15(17)19-23-13(3)26-28(19)21/h4-10,12H,1-3H3. The minimum atomic E-state index is -0.300. The van der Waals surface area contributed by atoms with Gasteiger partial charge in [-0.05, 0) is 44.5 Å². The van der Waals surface area contributed by atoms with Crippen molar-refractivity contribution in [3.8, 4) is 11.4 Å². The number of rotatable bonds is 4. The van der Waals surface area contributed by atoms with Crippen molar-refractivity contribution in [3.05, 3.63) is 65.6 Å². The van der Waals surface area contributed by atoms with E-state index in [9.17, 15) is 4.39 Å². The molecular weight excluding hydrogens is 403 g/mol. The third-order valence-electron chi connectivity index (χ3n) is 4.76. The highest BCUT2D eigenvalue weighted by molar-refractivity contribution is 7.99. The Hall–Kier alpha value is -3.33. The van der Waals surface area contributed by atoms with E-state index >= 15 is 0 Å². The summed E-state index contributed by atoms with van der Waals surface area (Å²) in [4.78, 5) is 13.8. The fraction of sp³-hybridized carbons (Fsp3) is 0.190. The molecule has 1 unspecified atom stereocenters. The molecule has 0 radical (unpaired) electrons. The third kappa shape index (κ3) is 3.21. The molecule has 0 aliphatic carbocycles. The first-order chi connectivity index (χ1) is 14.5. The lowest BCUT2D eigenvalue weighted by Gasteiger charge is -2.08. The van der Waals surface area contributed by atoms with E-state index in [4.69, 9.17) is 9.51 Å². The number of aromatic nitrogens is 6. The molecule has 0 saturated heterocycles. The fourth-order valence-corrected chi connectivity index (χ4v) is 4.06. The Morgan fingerprint density at radius 1 is 1.07 bits per heavy atom. The second-order valence-corrected chi connectivity index (χ2v) is 8.29. The number of fused-ring (bicyclic) bond motifs is 3. The first-order valence-electron chi connectivity index (χ1n) is 9.38. The Kier molecular flexibility index (Phi) is 4.47. The topological polar surface area (TPSA) is 82.0 Å². The van der Waals surface area contributed by atoms with Gasteiger partial charge in [0.2, 0.25) is 11.7 Å². The molecule has 5 rings (SSSR count). The number of hydrogen-bond donors (Lipinski definition) is 0. The minimum Gasteiger partial charge on any atom is -0.338 e. The molecule has 30 heavy (non-hydrogen) atoms. The molecule has 0 spiro atoms. The summed E-state index contributed by atoms with van der Waals surface area (Å²) in [5.41, 5.74) is 2.74. The second kappa shape index (κ2) is 7.17. The van der Waals surface area contributed by atoms with Crippen LogP contribution in [0.5, 0.6) is 0 Å². The van der Waals surface area contributed by atoms with Crippen molar-refractivity contribution in [2.45, 2.75) is 31.2 Å². The maximum absolute atomic E-state index is 13.9. The summed E-state index contributed by atoms with van der Waals surface area (Å²) in [5.74, 6) is 1.15. The summed E-state index contributed by atoms with van der Waals surface area (Å²) in [5, 5.41) is 9.94. The van der Waals surface area contributed by atoms with E-state index in [1.165, 1.54) is 17.8 Å². The molecule has 0 amide bonds. The largest absolute Gasteiger partial charge is 0.338 e. The molecule has 9 heteroatoms. The van der Waals surface area contributed by atoms with Crippen molar-refractivity contribution >= 4 is 28.3 Å². The number of halogens is 1. The van der Waals surface area contributed by atoms with Gasteiger partial charge >= 0.3 is 0 Å². The van der Waals surface area contributed by atoms with Crippen molar-refractivity contribution in [1.29, 1.82) is 0 Å². The zero-order chi connectivity index (χ0) is 20.8. The van der Waals surface area contributed by atoms with E-state index in [0.717, 1.165) is 16.6 Å². The average molecular weight is 420 g/mol. The van der Waals surface area contributed by atoms with Crippen LogP contribution in [0.1, 0.15) is 29.5 Å². The zero-order valence-electron chi connectivity index (χ0n) is 16.5. The molecule has 0 aliphatic rings. The first-order valence-corrected chi connectivity index (χ1v) is 10.3. The lowest BCUT2D eigenvalue weighted by molar-refractivity contribution is 0.380. The van der Waals surface area contributed by atoms with Crippen LogP contribution in [0.4, 0.5) is 4.39 Å². The predicted octanol–water partition coefficient (Wildman–Crippen LogP) is 4.94. The highest BCUT2D eigenvalue weighted by Gasteiger charge is 2.21. The molecule has 3 aromatic heterocycles. The molecule has 0 N–H and O–H groups in total. The van der Waals surface area contributed by atoms with Crippen LogP contribution in [0.25, 0.3) is 27.9 Å². The Balaban J connectivity index is 1.49. The van der Waals surface area contributed by atoms with E-state index in [1.54, 1.807) is 23.6 Å². The van der Waals surface area contributed by atoms with Crippen LogP contribution in [0.3, 0.4) is 0 Å². The van der Waals surface area contributed by atoms with Crippen molar-refractivity contribution < 1.29 is 8.91 Å². The lowest BCUT2D eigenvalue weighted by Crippen LogP contribution is -2.00. The molecule has 150 valence electrons. The Labute approximate surface area is 175 Å². The monoisotopic (exact) mass is 420 g/mol. The van der Waals surface area contributed by atoms with E-state index in [0.29, 0.717) is 33.8 Å². The SMILES string of the molecule is Cc1nc2c3ccccc3nc(SC(C)c3nc(-c4ccc(C)c(F)c4)no3)n2n1. The maximum atomic E-state index is 13.9. The van der Waals surface area contributed by atoms with Crippen molar-refractivity contribution in [3.63, 3.8) is 0 Å². The number of para-hydroxylation sites is 1. The van der Waals surface area contributed by atoms with Crippen LogP contribution >= 0.6 is 11.8 Å². The van der Waals surface area contributed by atoms with Crippen LogP contribution in [-0.4, -0.2) is 29.7 Å². The summed E-state index contributed by atoms with van der Waals surface area (Å²) >= 11 is 1.45. The summed E-state index contributed by atoms with van der Waals surface area (Å²) in [6, 6.07) is 12.7. The van der Waals surface area contributed by atoms with Gasteiger partial charge in [-0.3, -0.25) is 0 Å². The Morgan fingerprint density at radius 2 is 1.90 bits per heavy atom. The minimum absolute atomic E-state index is 0.192. The molecular formula is C21H17FN6OS. The predicted molar refractivity (Wildman–Crippen MR) is 112 cm³/mol. The van der Waals surface area contributed by atoms with Crippen LogP contribution in [-0.2, 0) is 0 Å². The highest BCUT2D eigenvalue weighted by atomic mass is 32.2.